The first kappa shape index (κ1) is 14.9. The molecule has 0 aliphatic carbocycles. The van der Waals surface area contributed by atoms with Crippen molar-refractivity contribution in [2.75, 3.05) is 5.32 Å². The first-order chi connectivity index (χ1) is 9.54. The molecule has 0 saturated heterocycles. The van der Waals surface area contributed by atoms with Crippen molar-refractivity contribution in [3.63, 3.8) is 0 Å². The molecule has 0 spiro atoms. The highest BCUT2D eigenvalue weighted by Gasteiger charge is 2.10. The second-order valence-electron chi connectivity index (χ2n) is 3.99. The summed E-state index contributed by atoms with van der Waals surface area (Å²) in [6, 6.07) is 11.6. The average Bonchev–Trinajstić information content (AvgIpc) is 2.39. The first-order valence-electron chi connectivity index (χ1n) is 5.77. The van der Waals surface area contributed by atoms with Crippen molar-refractivity contribution in [1.29, 1.82) is 0 Å². The number of anilines is 1. The first-order valence-corrected chi connectivity index (χ1v) is 6.53. The molecule has 2 aromatic rings. The molecule has 0 amide bonds. The van der Waals surface area contributed by atoms with E-state index in [2.05, 4.69) is 10.1 Å². The summed E-state index contributed by atoms with van der Waals surface area (Å²) in [5, 5.41) is 4.12. The standard InChI is InChI=1S/C14H11Cl2F2NO/c15-10-2-1-3-12(7-10)19-8-9-6-11(16)4-5-13(9)20-14(17)18/h1-7,14,19H,8H2. The molecule has 0 heterocycles. The van der Waals surface area contributed by atoms with Gasteiger partial charge in [0.05, 0.1) is 0 Å². The summed E-state index contributed by atoms with van der Waals surface area (Å²) in [7, 11) is 0. The SMILES string of the molecule is FC(F)Oc1ccc(Cl)cc1CNc1cccc(Cl)c1. The molecule has 0 saturated carbocycles. The van der Waals surface area contributed by atoms with Gasteiger partial charge in [0, 0.05) is 27.8 Å². The fourth-order valence-electron chi connectivity index (χ4n) is 1.69. The topological polar surface area (TPSA) is 21.3 Å². The van der Waals surface area contributed by atoms with Crippen molar-refractivity contribution in [2.24, 2.45) is 0 Å². The van der Waals surface area contributed by atoms with Crippen LogP contribution in [0.15, 0.2) is 42.5 Å². The van der Waals surface area contributed by atoms with Crippen molar-refractivity contribution in [1.82, 2.24) is 0 Å². The zero-order valence-corrected chi connectivity index (χ0v) is 11.8. The molecule has 2 aromatic carbocycles. The van der Waals surface area contributed by atoms with E-state index in [9.17, 15) is 8.78 Å². The fraction of sp³-hybridized carbons (Fsp3) is 0.143. The highest BCUT2D eigenvalue weighted by atomic mass is 35.5. The quantitative estimate of drug-likeness (QED) is 0.817. The molecule has 0 aliphatic heterocycles. The van der Waals surface area contributed by atoms with Crippen molar-refractivity contribution < 1.29 is 13.5 Å². The van der Waals surface area contributed by atoms with Crippen LogP contribution < -0.4 is 10.1 Å². The lowest BCUT2D eigenvalue weighted by molar-refractivity contribution is -0.0504. The van der Waals surface area contributed by atoms with E-state index in [1.807, 2.05) is 6.07 Å². The zero-order valence-electron chi connectivity index (χ0n) is 10.2. The van der Waals surface area contributed by atoms with E-state index in [-0.39, 0.29) is 5.75 Å². The molecule has 0 fully saturated rings. The van der Waals surface area contributed by atoms with Gasteiger partial charge in [-0.2, -0.15) is 8.78 Å². The van der Waals surface area contributed by atoms with Gasteiger partial charge >= 0.3 is 6.61 Å². The molecule has 0 bridgehead atoms. The molecule has 2 nitrogen and oxygen atoms in total. The van der Waals surface area contributed by atoms with Gasteiger partial charge in [-0.15, -0.1) is 0 Å². The Morgan fingerprint density at radius 2 is 1.80 bits per heavy atom. The molecular weight excluding hydrogens is 307 g/mol. The number of benzene rings is 2. The largest absolute Gasteiger partial charge is 0.434 e. The predicted octanol–water partition coefficient (Wildman–Crippen LogP) is 5.21. The van der Waals surface area contributed by atoms with Crippen LogP contribution in [0, 0.1) is 0 Å². The maximum absolute atomic E-state index is 12.3. The van der Waals surface area contributed by atoms with E-state index in [1.165, 1.54) is 12.1 Å². The number of alkyl halides is 2. The monoisotopic (exact) mass is 317 g/mol. The van der Waals surface area contributed by atoms with Crippen LogP contribution in [0.5, 0.6) is 5.75 Å². The Balaban J connectivity index is 2.13. The van der Waals surface area contributed by atoms with Crippen molar-refractivity contribution >= 4 is 28.9 Å². The highest BCUT2D eigenvalue weighted by Crippen LogP contribution is 2.26. The summed E-state index contributed by atoms with van der Waals surface area (Å²) in [4.78, 5) is 0. The van der Waals surface area contributed by atoms with E-state index in [0.29, 0.717) is 22.2 Å². The Morgan fingerprint density at radius 1 is 1.05 bits per heavy atom. The average molecular weight is 318 g/mol. The van der Waals surface area contributed by atoms with Crippen LogP contribution in [-0.2, 0) is 6.54 Å². The van der Waals surface area contributed by atoms with Gasteiger partial charge < -0.3 is 10.1 Å². The van der Waals surface area contributed by atoms with Crippen molar-refractivity contribution in [3.8, 4) is 5.75 Å². The Labute approximate surface area is 125 Å². The third-order valence-corrected chi connectivity index (χ3v) is 3.02. The predicted molar refractivity (Wildman–Crippen MR) is 76.9 cm³/mol. The fourth-order valence-corrected chi connectivity index (χ4v) is 2.08. The van der Waals surface area contributed by atoms with E-state index >= 15 is 0 Å². The lowest BCUT2D eigenvalue weighted by atomic mass is 10.2. The van der Waals surface area contributed by atoms with E-state index in [1.54, 1.807) is 24.3 Å². The van der Waals surface area contributed by atoms with Crippen LogP contribution in [-0.4, -0.2) is 6.61 Å². The highest BCUT2D eigenvalue weighted by molar-refractivity contribution is 6.31. The molecule has 0 radical (unpaired) electrons. The maximum Gasteiger partial charge on any atom is 0.387 e. The molecule has 106 valence electrons. The summed E-state index contributed by atoms with van der Waals surface area (Å²) in [5.74, 6) is 0.0962. The Morgan fingerprint density at radius 3 is 2.50 bits per heavy atom. The second-order valence-corrected chi connectivity index (χ2v) is 4.87. The van der Waals surface area contributed by atoms with Crippen LogP contribution in [0.25, 0.3) is 0 Å². The minimum atomic E-state index is -2.87. The van der Waals surface area contributed by atoms with Gasteiger partial charge in [0.2, 0.25) is 0 Å². The van der Waals surface area contributed by atoms with Gasteiger partial charge in [0.1, 0.15) is 5.75 Å². The minimum absolute atomic E-state index is 0.0962. The van der Waals surface area contributed by atoms with Crippen LogP contribution in [0.2, 0.25) is 10.0 Å². The van der Waals surface area contributed by atoms with Gasteiger partial charge in [-0.1, -0.05) is 29.3 Å². The van der Waals surface area contributed by atoms with Gasteiger partial charge in [-0.3, -0.25) is 0 Å². The van der Waals surface area contributed by atoms with Crippen LogP contribution in [0.3, 0.4) is 0 Å². The lowest BCUT2D eigenvalue weighted by Crippen LogP contribution is -2.07. The number of rotatable bonds is 5. The Kier molecular flexibility index (Phi) is 5.04. The van der Waals surface area contributed by atoms with E-state index in [0.717, 1.165) is 5.69 Å². The number of halogens is 4. The number of nitrogens with one attached hydrogen (secondary N) is 1. The number of hydrogen-bond acceptors (Lipinski definition) is 2. The normalized spacial score (nSPS) is 10.7. The summed E-state index contributed by atoms with van der Waals surface area (Å²) in [5.41, 5.74) is 1.32. The molecule has 0 aliphatic rings. The molecular formula is C14H11Cl2F2NO. The van der Waals surface area contributed by atoms with Gasteiger partial charge in [-0.05, 0) is 36.4 Å². The second kappa shape index (κ2) is 6.77. The van der Waals surface area contributed by atoms with Crippen LogP contribution in [0.1, 0.15) is 5.56 Å². The van der Waals surface area contributed by atoms with Crippen LogP contribution >= 0.6 is 23.2 Å². The summed E-state index contributed by atoms with van der Waals surface area (Å²) in [6.45, 7) is -2.58. The lowest BCUT2D eigenvalue weighted by Gasteiger charge is -2.12. The van der Waals surface area contributed by atoms with Crippen LogP contribution in [0.4, 0.5) is 14.5 Å². The van der Waals surface area contributed by atoms with Gasteiger partial charge in [0.25, 0.3) is 0 Å². The van der Waals surface area contributed by atoms with Gasteiger partial charge in [-0.25, -0.2) is 0 Å². The molecule has 20 heavy (non-hydrogen) atoms. The maximum atomic E-state index is 12.3. The third kappa shape index (κ3) is 4.25. The minimum Gasteiger partial charge on any atom is -0.434 e. The molecule has 6 heteroatoms. The van der Waals surface area contributed by atoms with Gasteiger partial charge in [0.15, 0.2) is 0 Å². The Bertz CT molecular complexity index is 593. The summed E-state index contributed by atoms with van der Waals surface area (Å²) < 4.78 is 29.1. The Hall–Kier alpha value is -1.52. The molecule has 0 aromatic heterocycles. The zero-order chi connectivity index (χ0) is 14.5. The van der Waals surface area contributed by atoms with E-state index < -0.39 is 6.61 Å². The molecule has 1 N–H and O–H groups in total. The summed E-state index contributed by atoms with van der Waals surface area (Å²) in [6.07, 6.45) is 0. The van der Waals surface area contributed by atoms with Crippen molar-refractivity contribution in [3.05, 3.63) is 58.1 Å². The van der Waals surface area contributed by atoms with E-state index in [4.69, 9.17) is 23.2 Å². The van der Waals surface area contributed by atoms with Crippen molar-refractivity contribution in [2.45, 2.75) is 13.2 Å². The smallest absolute Gasteiger partial charge is 0.387 e. The number of hydrogen-bond donors (Lipinski definition) is 1. The molecule has 0 atom stereocenters. The molecule has 0 unspecified atom stereocenters. The molecule has 2 rings (SSSR count). The number of ether oxygens (including phenoxy) is 1. The third-order valence-electron chi connectivity index (χ3n) is 2.55. The summed E-state index contributed by atoms with van der Waals surface area (Å²) >= 11 is 11.7.